The minimum atomic E-state index is -0.847. The maximum atomic E-state index is 11.0. The van der Waals surface area contributed by atoms with E-state index < -0.39 is 12.2 Å². The Hall–Kier alpha value is -3.64. The van der Waals surface area contributed by atoms with E-state index in [4.69, 9.17) is 14.2 Å². The number of para-hydroxylation sites is 1. The van der Waals surface area contributed by atoms with E-state index in [2.05, 4.69) is 9.97 Å². The molecule has 0 saturated heterocycles. The Morgan fingerprint density at radius 3 is 2.84 bits per heavy atom. The van der Waals surface area contributed by atoms with Gasteiger partial charge in [0.2, 0.25) is 0 Å². The molecule has 0 saturated carbocycles. The van der Waals surface area contributed by atoms with Gasteiger partial charge in [0.1, 0.15) is 36.1 Å². The average Bonchev–Trinajstić information content (AvgIpc) is 2.97. The molecule has 0 bridgehead atoms. The Morgan fingerprint density at radius 2 is 1.94 bits per heavy atom. The third-order valence-corrected chi connectivity index (χ3v) is 5.28. The topological polar surface area (TPSA) is 73.7 Å². The molecule has 0 fully saturated rings. The summed E-state index contributed by atoms with van der Waals surface area (Å²) in [6.45, 7) is 0.784. The van der Waals surface area contributed by atoms with Crippen LogP contribution in [0.5, 0.6) is 17.2 Å². The van der Waals surface area contributed by atoms with E-state index >= 15 is 0 Å². The highest BCUT2D eigenvalue weighted by Gasteiger charge is 2.29. The first-order valence-electron chi connectivity index (χ1n) is 10.3. The predicted octanol–water partition coefficient (Wildman–Crippen LogP) is 4.47. The summed E-state index contributed by atoms with van der Waals surface area (Å²) in [5, 5.41) is 12.1. The molecular formula is C25H22N2O4. The summed E-state index contributed by atoms with van der Waals surface area (Å²) in [5.41, 5.74) is 2.42. The average molecular weight is 414 g/mol. The van der Waals surface area contributed by atoms with Crippen molar-refractivity contribution in [2.24, 2.45) is 0 Å². The van der Waals surface area contributed by atoms with Crippen LogP contribution >= 0.6 is 0 Å². The van der Waals surface area contributed by atoms with Gasteiger partial charge >= 0.3 is 0 Å². The second-order valence-corrected chi connectivity index (χ2v) is 7.41. The fraction of sp³-hybridized carbons (Fsp3) is 0.200. The third-order valence-electron chi connectivity index (χ3n) is 5.28. The van der Waals surface area contributed by atoms with Crippen molar-refractivity contribution in [3.05, 3.63) is 90.4 Å². The van der Waals surface area contributed by atoms with Gasteiger partial charge < -0.3 is 19.3 Å². The first-order valence-corrected chi connectivity index (χ1v) is 10.3. The molecule has 0 radical (unpaired) electrons. The molecule has 0 aliphatic carbocycles. The van der Waals surface area contributed by atoms with Crippen molar-refractivity contribution >= 4 is 10.9 Å². The van der Waals surface area contributed by atoms with E-state index in [0.29, 0.717) is 42.4 Å². The fourth-order valence-electron chi connectivity index (χ4n) is 3.68. The maximum Gasteiger partial charge on any atom is 0.138 e. The van der Waals surface area contributed by atoms with Crippen LogP contribution in [-0.2, 0) is 6.61 Å². The maximum absolute atomic E-state index is 11.0. The van der Waals surface area contributed by atoms with Gasteiger partial charge in [-0.15, -0.1) is 0 Å². The molecule has 0 amide bonds. The fourth-order valence-corrected chi connectivity index (χ4v) is 3.68. The second-order valence-electron chi connectivity index (χ2n) is 7.41. The summed E-state index contributed by atoms with van der Waals surface area (Å²) >= 11 is 0. The number of hydrogen-bond acceptors (Lipinski definition) is 6. The van der Waals surface area contributed by atoms with E-state index in [1.807, 2.05) is 60.7 Å². The Bertz CT molecular complexity index is 1180. The molecule has 6 nitrogen and oxygen atoms in total. The minimum absolute atomic E-state index is 0.330. The Balaban J connectivity index is 1.33. The van der Waals surface area contributed by atoms with Gasteiger partial charge in [0.05, 0.1) is 24.0 Å². The van der Waals surface area contributed by atoms with Crippen molar-refractivity contribution in [3.8, 4) is 17.2 Å². The van der Waals surface area contributed by atoms with Gasteiger partial charge in [-0.2, -0.15) is 0 Å². The summed E-state index contributed by atoms with van der Waals surface area (Å²) < 4.78 is 17.8. The van der Waals surface area contributed by atoms with Crippen molar-refractivity contribution < 1.29 is 19.3 Å². The van der Waals surface area contributed by atoms with Crippen molar-refractivity contribution in [1.29, 1.82) is 0 Å². The Labute approximate surface area is 180 Å². The van der Waals surface area contributed by atoms with Crippen LogP contribution in [0.4, 0.5) is 0 Å². The monoisotopic (exact) mass is 414 g/mol. The summed E-state index contributed by atoms with van der Waals surface area (Å²) in [4.78, 5) is 8.71. The molecule has 6 heteroatoms. The van der Waals surface area contributed by atoms with Gasteiger partial charge in [0, 0.05) is 23.6 Å². The van der Waals surface area contributed by atoms with Gasteiger partial charge in [0.15, 0.2) is 0 Å². The number of nitrogens with zero attached hydrogens (tertiary/aromatic N) is 2. The highest BCUT2D eigenvalue weighted by Crippen LogP contribution is 2.36. The zero-order chi connectivity index (χ0) is 21.0. The zero-order valence-electron chi connectivity index (χ0n) is 16.8. The molecule has 0 spiro atoms. The number of ether oxygens (including phenoxy) is 3. The van der Waals surface area contributed by atoms with Crippen LogP contribution in [0.15, 0.2) is 79.1 Å². The number of rotatable bonds is 5. The van der Waals surface area contributed by atoms with Gasteiger partial charge in [-0.25, -0.2) is 4.98 Å². The molecule has 5 rings (SSSR count). The molecule has 0 unspecified atom stereocenters. The highest BCUT2D eigenvalue weighted by molar-refractivity contribution is 5.78. The quantitative estimate of drug-likeness (QED) is 0.519. The van der Waals surface area contributed by atoms with Crippen LogP contribution in [0, 0.1) is 0 Å². The van der Waals surface area contributed by atoms with Crippen LogP contribution < -0.4 is 14.2 Å². The van der Waals surface area contributed by atoms with E-state index in [9.17, 15) is 5.11 Å². The smallest absolute Gasteiger partial charge is 0.138 e. The molecule has 2 atom stereocenters. The molecular weight excluding hydrogens is 392 g/mol. The van der Waals surface area contributed by atoms with E-state index in [0.717, 1.165) is 16.6 Å². The number of aliphatic hydroxyl groups is 1. The lowest BCUT2D eigenvalue weighted by Gasteiger charge is -2.22. The lowest BCUT2D eigenvalue weighted by atomic mass is 10.0. The number of pyridine rings is 2. The molecule has 1 aliphatic heterocycles. The second kappa shape index (κ2) is 8.62. The molecule has 4 aromatic rings. The van der Waals surface area contributed by atoms with Gasteiger partial charge in [-0.3, -0.25) is 4.98 Å². The summed E-state index contributed by atoms with van der Waals surface area (Å²) in [6.07, 6.45) is 2.59. The Morgan fingerprint density at radius 1 is 1.00 bits per heavy atom. The molecule has 2 aromatic heterocycles. The first-order chi connectivity index (χ1) is 15.3. The van der Waals surface area contributed by atoms with Crippen LogP contribution in [0.1, 0.15) is 23.8 Å². The minimum Gasteiger partial charge on any atom is -0.493 e. The Kier molecular flexibility index (Phi) is 5.37. The summed E-state index contributed by atoms with van der Waals surface area (Å²) in [5.74, 6) is 1.89. The van der Waals surface area contributed by atoms with Crippen LogP contribution in [-0.4, -0.2) is 27.8 Å². The van der Waals surface area contributed by atoms with Crippen LogP contribution in [0.2, 0.25) is 0 Å². The van der Waals surface area contributed by atoms with Gasteiger partial charge in [-0.1, -0.05) is 24.3 Å². The molecule has 3 heterocycles. The SMILES string of the molecule is O[C@H]1c2cc(OCc3ccc4ccccc4n3)ccc2OCC[C@H]1Oc1cccnc1. The van der Waals surface area contributed by atoms with Gasteiger partial charge in [0.25, 0.3) is 0 Å². The number of aliphatic hydroxyl groups excluding tert-OH is 1. The van der Waals surface area contributed by atoms with Crippen molar-refractivity contribution in [1.82, 2.24) is 9.97 Å². The lowest BCUT2D eigenvalue weighted by Crippen LogP contribution is -2.25. The molecule has 1 N–H and O–H groups in total. The molecule has 1 aliphatic rings. The number of hydrogen-bond donors (Lipinski definition) is 1. The standard InChI is InChI=1S/C25H22N2O4/c28-25-21-14-19(30-16-18-8-7-17-4-1-2-6-22(17)27-18)9-10-23(21)29-13-11-24(25)31-20-5-3-12-26-15-20/h1-10,12,14-15,24-25,28H,11,13,16H2/t24-,25+/m1/s1. The van der Waals surface area contributed by atoms with E-state index in [1.165, 1.54) is 0 Å². The number of aromatic nitrogens is 2. The zero-order valence-corrected chi connectivity index (χ0v) is 16.8. The number of fused-ring (bicyclic) bond motifs is 2. The van der Waals surface area contributed by atoms with Crippen molar-refractivity contribution in [2.45, 2.75) is 25.2 Å². The summed E-state index contributed by atoms with van der Waals surface area (Å²) in [7, 11) is 0. The lowest BCUT2D eigenvalue weighted by molar-refractivity contribution is 0.0309. The normalized spacial score (nSPS) is 18.0. The van der Waals surface area contributed by atoms with E-state index in [1.54, 1.807) is 18.5 Å². The molecule has 2 aromatic carbocycles. The third kappa shape index (κ3) is 4.29. The first kappa shape index (κ1) is 19.3. The predicted molar refractivity (Wildman–Crippen MR) is 116 cm³/mol. The van der Waals surface area contributed by atoms with Gasteiger partial charge in [-0.05, 0) is 42.5 Å². The van der Waals surface area contributed by atoms with Crippen LogP contribution in [0.25, 0.3) is 10.9 Å². The number of benzene rings is 2. The van der Waals surface area contributed by atoms with Crippen molar-refractivity contribution in [2.75, 3.05) is 6.61 Å². The molecule has 156 valence electrons. The largest absolute Gasteiger partial charge is 0.493 e. The molecule has 31 heavy (non-hydrogen) atoms. The van der Waals surface area contributed by atoms with Crippen molar-refractivity contribution in [3.63, 3.8) is 0 Å². The van der Waals surface area contributed by atoms with Crippen LogP contribution in [0.3, 0.4) is 0 Å². The summed E-state index contributed by atoms with van der Waals surface area (Å²) in [6, 6.07) is 21.1. The highest BCUT2D eigenvalue weighted by atomic mass is 16.5. The van der Waals surface area contributed by atoms with E-state index in [-0.39, 0.29) is 0 Å².